The molecule has 2 aliphatic rings. The summed E-state index contributed by atoms with van der Waals surface area (Å²) in [4.78, 5) is 23.7. The quantitative estimate of drug-likeness (QED) is 0.646. The van der Waals surface area contributed by atoms with Gasteiger partial charge in [-0.3, -0.25) is 14.6 Å². The van der Waals surface area contributed by atoms with Gasteiger partial charge in [0.2, 0.25) is 6.23 Å². The predicted octanol–water partition coefficient (Wildman–Crippen LogP) is 4.29. The minimum atomic E-state index is -0.312. The van der Waals surface area contributed by atoms with Crippen molar-refractivity contribution in [3.63, 3.8) is 0 Å². The van der Waals surface area contributed by atoms with Crippen LogP contribution in [0.25, 0.3) is 0 Å². The molecule has 1 amide bonds. The van der Waals surface area contributed by atoms with Crippen LogP contribution < -0.4 is 0 Å². The van der Waals surface area contributed by atoms with Crippen molar-refractivity contribution >= 4 is 11.7 Å². The Labute approximate surface area is 182 Å². The van der Waals surface area contributed by atoms with E-state index in [4.69, 9.17) is 4.84 Å². The Morgan fingerprint density at radius 3 is 2.29 bits per heavy atom. The molecule has 5 rings (SSSR count). The largest absolute Gasteiger partial charge is 0.372 e. The highest BCUT2D eigenvalue weighted by molar-refractivity contribution is 6.13. The van der Waals surface area contributed by atoms with Crippen molar-refractivity contribution in [1.29, 1.82) is 0 Å². The number of nitrogens with zero attached hydrogens (tertiary/aromatic N) is 3. The van der Waals surface area contributed by atoms with Gasteiger partial charge in [-0.05, 0) is 36.6 Å². The van der Waals surface area contributed by atoms with Crippen molar-refractivity contribution in [2.75, 3.05) is 6.54 Å². The van der Waals surface area contributed by atoms with Gasteiger partial charge in [-0.25, -0.2) is 0 Å². The van der Waals surface area contributed by atoms with Crippen LogP contribution in [0.5, 0.6) is 0 Å². The fraction of sp³-hybridized carbons (Fsp3) is 0.231. The molecule has 156 valence electrons. The zero-order chi connectivity index (χ0) is 21.2. The molecule has 31 heavy (non-hydrogen) atoms. The second kappa shape index (κ2) is 8.36. The Morgan fingerprint density at radius 2 is 1.55 bits per heavy atom. The molecule has 5 nitrogen and oxygen atoms in total. The third kappa shape index (κ3) is 3.73. The van der Waals surface area contributed by atoms with Gasteiger partial charge < -0.3 is 4.84 Å². The second-order valence-electron chi connectivity index (χ2n) is 8.05. The molecule has 2 atom stereocenters. The summed E-state index contributed by atoms with van der Waals surface area (Å²) in [7, 11) is 0. The maximum Gasteiger partial charge on any atom is 0.259 e. The van der Waals surface area contributed by atoms with Gasteiger partial charge in [0.05, 0.1) is 6.04 Å². The summed E-state index contributed by atoms with van der Waals surface area (Å²) in [5.41, 5.74) is 4.19. The molecule has 3 aromatic rings. The zero-order valence-corrected chi connectivity index (χ0v) is 17.5. The van der Waals surface area contributed by atoms with Crippen molar-refractivity contribution in [2.24, 2.45) is 5.16 Å². The third-order valence-corrected chi connectivity index (χ3v) is 6.09. The van der Waals surface area contributed by atoms with Gasteiger partial charge in [0.25, 0.3) is 5.91 Å². The Bertz CT molecular complexity index is 1100. The number of hydrogen-bond acceptors (Lipinski definition) is 4. The first-order valence-corrected chi connectivity index (χ1v) is 10.7. The summed E-state index contributed by atoms with van der Waals surface area (Å²) in [6, 6.07) is 27.5. The first-order valence-electron chi connectivity index (χ1n) is 10.7. The topological polar surface area (TPSA) is 45.1 Å². The van der Waals surface area contributed by atoms with Crippen molar-refractivity contribution in [2.45, 2.75) is 32.2 Å². The molecule has 0 radical (unpaired) electrons. The Hall–Kier alpha value is -3.44. The standard InChI is InChI=1S/C26H25N3O2/c1-19-26(28-17-16-20-10-8-9-15-23(20)18-28)31-27-24(21-11-4-2-5-12-21)29(19)25(30)22-13-6-3-7-14-22/h2-15,19,26H,16-18H2,1H3. The van der Waals surface area contributed by atoms with Crippen LogP contribution in [0, 0.1) is 0 Å². The highest BCUT2D eigenvalue weighted by atomic mass is 16.7. The summed E-state index contributed by atoms with van der Waals surface area (Å²) in [5, 5.41) is 4.47. The number of fused-ring (bicyclic) bond motifs is 1. The van der Waals surface area contributed by atoms with E-state index in [0.717, 1.165) is 25.1 Å². The Balaban J connectivity index is 1.49. The minimum absolute atomic E-state index is 0.0681. The molecule has 0 saturated heterocycles. The molecule has 2 unspecified atom stereocenters. The van der Waals surface area contributed by atoms with Crippen LogP contribution >= 0.6 is 0 Å². The van der Waals surface area contributed by atoms with Crippen LogP contribution in [0.2, 0.25) is 0 Å². The molecule has 5 heteroatoms. The van der Waals surface area contributed by atoms with Crippen LogP contribution in [0.15, 0.2) is 90.1 Å². The van der Waals surface area contributed by atoms with E-state index in [1.165, 1.54) is 11.1 Å². The number of amidine groups is 1. The summed E-state index contributed by atoms with van der Waals surface area (Å²) < 4.78 is 0. The van der Waals surface area contributed by atoms with E-state index in [0.29, 0.717) is 11.4 Å². The Morgan fingerprint density at radius 1 is 0.903 bits per heavy atom. The van der Waals surface area contributed by atoms with E-state index in [1.54, 1.807) is 4.90 Å². The molecule has 3 aromatic carbocycles. The molecule has 0 spiro atoms. The van der Waals surface area contributed by atoms with Crippen LogP contribution in [0.1, 0.15) is 34.0 Å². The monoisotopic (exact) mass is 411 g/mol. The summed E-state index contributed by atoms with van der Waals surface area (Å²) in [5.74, 6) is 0.483. The van der Waals surface area contributed by atoms with E-state index in [-0.39, 0.29) is 18.2 Å². The molecule has 0 N–H and O–H groups in total. The van der Waals surface area contributed by atoms with Crippen molar-refractivity contribution in [1.82, 2.24) is 9.80 Å². The third-order valence-electron chi connectivity index (χ3n) is 6.09. The number of amides is 1. The number of carbonyl (C=O) groups excluding carboxylic acids is 1. The van der Waals surface area contributed by atoms with E-state index >= 15 is 0 Å². The molecule has 0 bridgehead atoms. The normalized spacial score (nSPS) is 21.1. The van der Waals surface area contributed by atoms with Crippen molar-refractivity contribution in [3.8, 4) is 0 Å². The Kier molecular flexibility index (Phi) is 5.26. The van der Waals surface area contributed by atoms with Crippen LogP contribution in [-0.2, 0) is 17.8 Å². The van der Waals surface area contributed by atoms with Crippen molar-refractivity contribution in [3.05, 3.63) is 107 Å². The first kappa shape index (κ1) is 19.5. The lowest BCUT2D eigenvalue weighted by molar-refractivity contribution is -0.107. The number of hydrogen-bond donors (Lipinski definition) is 0. The molecule has 2 aliphatic heterocycles. The van der Waals surface area contributed by atoms with E-state index in [1.807, 2.05) is 67.6 Å². The van der Waals surface area contributed by atoms with Gasteiger partial charge in [-0.2, -0.15) is 0 Å². The second-order valence-corrected chi connectivity index (χ2v) is 8.05. The van der Waals surface area contributed by atoms with E-state index in [2.05, 4.69) is 34.3 Å². The molecule has 0 aliphatic carbocycles. The minimum Gasteiger partial charge on any atom is -0.372 e. The van der Waals surface area contributed by atoms with Gasteiger partial charge in [-0.15, -0.1) is 0 Å². The predicted molar refractivity (Wildman–Crippen MR) is 120 cm³/mol. The maximum atomic E-state index is 13.6. The average Bonchev–Trinajstić information content (AvgIpc) is 2.84. The van der Waals surface area contributed by atoms with Crippen LogP contribution in [-0.4, -0.2) is 40.4 Å². The maximum absolute atomic E-state index is 13.6. The molecule has 2 heterocycles. The van der Waals surface area contributed by atoms with E-state index in [9.17, 15) is 4.79 Å². The van der Waals surface area contributed by atoms with Crippen molar-refractivity contribution < 1.29 is 9.63 Å². The van der Waals surface area contributed by atoms with Gasteiger partial charge in [0.1, 0.15) is 0 Å². The number of rotatable bonds is 3. The molecule has 0 fully saturated rings. The summed E-state index contributed by atoms with van der Waals surface area (Å²) in [6.07, 6.45) is 0.651. The molecule has 0 aromatic heterocycles. The van der Waals surface area contributed by atoms with Gasteiger partial charge in [0, 0.05) is 24.2 Å². The van der Waals surface area contributed by atoms with Crippen LogP contribution in [0.3, 0.4) is 0 Å². The lowest BCUT2D eigenvalue weighted by Gasteiger charge is -2.43. The van der Waals surface area contributed by atoms with Gasteiger partial charge in [0.15, 0.2) is 5.84 Å². The fourth-order valence-electron chi connectivity index (χ4n) is 4.44. The highest BCUT2D eigenvalue weighted by Crippen LogP contribution is 2.28. The average molecular weight is 412 g/mol. The number of oxime groups is 1. The molecular weight excluding hydrogens is 386 g/mol. The van der Waals surface area contributed by atoms with Gasteiger partial charge >= 0.3 is 0 Å². The zero-order valence-electron chi connectivity index (χ0n) is 17.5. The smallest absolute Gasteiger partial charge is 0.259 e. The first-order chi connectivity index (χ1) is 15.2. The molecular formula is C26H25N3O2. The molecule has 0 saturated carbocycles. The van der Waals surface area contributed by atoms with Gasteiger partial charge in [-0.1, -0.05) is 78.0 Å². The lowest BCUT2D eigenvalue weighted by atomic mass is 9.98. The number of carbonyl (C=O) groups is 1. The summed E-state index contributed by atoms with van der Waals surface area (Å²) >= 11 is 0. The van der Waals surface area contributed by atoms with E-state index < -0.39 is 0 Å². The highest BCUT2D eigenvalue weighted by Gasteiger charge is 2.41. The SMILES string of the molecule is CC1C(N2CCc3ccccc3C2)ON=C(c2ccccc2)N1C(=O)c1ccccc1. The van der Waals surface area contributed by atoms with Crippen LogP contribution in [0.4, 0.5) is 0 Å². The lowest BCUT2D eigenvalue weighted by Crippen LogP contribution is -2.58. The number of benzene rings is 3. The fourth-order valence-corrected chi connectivity index (χ4v) is 4.44. The summed E-state index contributed by atoms with van der Waals surface area (Å²) in [6.45, 7) is 3.70.